The molecule has 0 heterocycles. The number of hydrogen-bond acceptors (Lipinski definition) is 2. The van der Waals surface area contributed by atoms with Crippen LogP contribution in [0.4, 0.5) is 0 Å². The summed E-state index contributed by atoms with van der Waals surface area (Å²) in [5, 5.41) is 19.7. The molecule has 0 saturated carbocycles. The molecular weight excluding hydrogens is 252 g/mol. The number of benzene rings is 2. The lowest BCUT2D eigenvalue weighted by molar-refractivity contribution is 1.44. The van der Waals surface area contributed by atoms with Crippen LogP contribution in [0, 0.1) is 22.7 Å². The SMILES string of the molecule is N#Cc1cc2cccc(Br)c2cc1C#N. The quantitative estimate of drug-likeness (QED) is 0.726. The topological polar surface area (TPSA) is 47.6 Å². The second-order valence-electron chi connectivity index (χ2n) is 3.08. The van der Waals surface area contributed by atoms with Crippen molar-refractivity contribution in [2.24, 2.45) is 0 Å². The van der Waals surface area contributed by atoms with Crippen LogP contribution in [0.3, 0.4) is 0 Å². The average Bonchev–Trinajstić information content (AvgIpc) is 2.28. The minimum Gasteiger partial charge on any atom is -0.192 e. The first kappa shape index (κ1) is 9.71. The van der Waals surface area contributed by atoms with Crippen LogP contribution in [-0.2, 0) is 0 Å². The second-order valence-corrected chi connectivity index (χ2v) is 3.94. The minimum absolute atomic E-state index is 0.414. The van der Waals surface area contributed by atoms with Crippen LogP contribution in [0.1, 0.15) is 11.1 Å². The summed E-state index contributed by atoms with van der Waals surface area (Å²) in [6.45, 7) is 0. The van der Waals surface area contributed by atoms with E-state index in [1.54, 1.807) is 12.1 Å². The molecule has 0 atom stereocenters. The Bertz CT molecular complexity index is 618. The number of fused-ring (bicyclic) bond motifs is 1. The van der Waals surface area contributed by atoms with Gasteiger partial charge in [-0.05, 0) is 29.0 Å². The van der Waals surface area contributed by atoms with Crippen molar-refractivity contribution >= 4 is 26.7 Å². The number of hydrogen-bond donors (Lipinski definition) is 0. The molecule has 0 radical (unpaired) electrons. The zero-order chi connectivity index (χ0) is 10.8. The summed E-state index contributed by atoms with van der Waals surface area (Å²) >= 11 is 3.41. The molecule has 0 N–H and O–H groups in total. The summed E-state index contributed by atoms with van der Waals surface area (Å²) in [6, 6.07) is 13.2. The van der Waals surface area contributed by atoms with Crippen molar-refractivity contribution in [3.05, 3.63) is 45.9 Å². The zero-order valence-corrected chi connectivity index (χ0v) is 9.25. The third-order valence-electron chi connectivity index (χ3n) is 2.21. The fourth-order valence-corrected chi connectivity index (χ4v) is 1.97. The standard InChI is InChI=1S/C12H5BrN2/c13-12-3-1-2-8-4-9(6-14)10(7-15)5-11(8)12/h1-5H. The fourth-order valence-electron chi connectivity index (χ4n) is 1.47. The van der Waals surface area contributed by atoms with E-state index < -0.39 is 0 Å². The first-order valence-corrected chi connectivity index (χ1v) is 5.08. The Kier molecular flexibility index (Phi) is 2.41. The first-order chi connectivity index (χ1) is 7.26. The van der Waals surface area contributed by atoms with Crippen LogP contribution in [0.2, 0.25) is 0 Å². The van der Waals surface area contributed by atoms with Crippen molar-refractivity contribution in [2.45, 2.75) is 0 Å². The van der Waals surface area contributed by atoms with Crippen LogP contribution in [0.25, 0.3) is 10.8 Å². The lowest BCUT2D eigenvalue weighted by Gasteiger charge is -2.02. The largest absolute Gasteiger partial charge is 0.192 e. The normalized spacial score (nSPS) is 9.53. The fraction of sp³-hybridized carbons (Fsp3) is 0. The molecule has 0 aliphatic heterocycles. The Balaban J connectivity index is 2.90. The van der Waals surface area contributed by atoms with E-state index in [1.807, 2.05) is 30.3 Å². The summed E-state index contributed by atoms with van der Waals surface area (Å²) in [4.78, 5) is 0. The van der Waals surface area contributed by atoms with Crippen LogP contribution >= 0.6 is 15.9 Å². The summed E-state index contributed by atoms with van der Waals surface area (Å²) in [7, 11) is 0. The van der Waals surface area contributed by atoms with E-state index in [4.69, 9.17) is 10.5 Å². The van der Waals surface area contributed by atoms with Gasteiger partial charge in [-0.15, -0.1) is 0 Å². The van der Waals surface area contributed by atoms with Crippen LogP contribution < -0.4 is 0 Å². The molecule has 0 aromatic heterocycles. The van der Waals surface area contributed by atoms with Crippen LogP contribution in [0.5, 0.6) is 0 Å². The summed E-state index contributed by atoms with van der Waals surface area (Å²) < 4.78 is 0.931. The van der Waals surface area contributed by atoms with Gasteiger partial charge < -0.3 is 0 Å². The minimum atomic E-state index is 0.414. The van der Waals surface area contributed by atoms with Crippen molar-refractivity contribution in [2.75, 3.05) is 0 Å². The maximum Gasteiger partial charge on any atom is 0.101 e. The molecule has 0 aliphatic carbocycles. The van der Waals surface area contributed by atoms with Crippen molar-refractivity contribution in [1.82, 2.24) is 0 Å². The van der Waals surface area contributed by atoms with Gasteiger partial charge in [-0.25, -0.2) is 0 Å². The van der Waals surface area contributed by atoms with Gasteiger partial charge in [-0.2, -0.15) is 10.5 Å². The van der Waals surface area contributed by atoms with E-state index in [2.05, 4.69) is 15.9 Å². The number of halogens is 1. The molecule has 70 valence electrons. The number of rotatable bonds is 0. The molecule has 0 aliphatic rings. The highest BCUT2D eigenvalue weighted by molar-refractivity contribution is 9.10. The van der Waals surface area contributed by atoms with Crippen molar-refractivity contribution < 1.29 is 0 Å². The molecule has 15 heavy (non-hydrogen) atoms. The lowest BCUT2D eigenvalue weighted by atomic mass is 10.0. The molecule has 2 rings (SSSR count). The van der Waals surface area contributed by atoms with Gasteiger partial charge in [-0.1, -0.05) is 28.1 Å². The van der Waals surface area contributed by atoms with Gasteiger partial charge in [0, 0.05) is 4.47 Å². The van der Waals surface area contributed by atoms with Crippen molar-refractivity contribution in [3.63, 3.8) is 0 Å². The molecule has 3 heteroatoms. The monoisotopic (exact) mass is 256 g/mol. The maximum absolute atomic E-state index is 8.88. The summed E-state index contributed by atoms with van der Waals surface area (Å²) in [5.74, 6) is 0. The van der Waals surface area contributed by atoms with Crippen molar-refractivity contribution in [1.29, 1.82) is 10.5 Å². The molecule has 2 nitrogen and oxygen atoms in total. The molecule has 0 spiro atoms. The molecule has 0 amide bonds. The van der Waals surface area contributed by atoms with E-state index in [1.165, 1.54) is 0 Å². The van der Waals surface area contributed by atoms with E-state index in [0.29, 0.717) is 11.1 Å². The number of nitriles is 2. The molecule has 0 bridgehead atoms. The molecule has 2 aromatic carbocycles. The van der Waals surface area contributed by atoms with E-state index in [-0.39, 0.29) is 0 Å². The third kappa shape index (κ3) is 1.58. The molecule has 2 aromatic rings. The average molecular weight is 257 g/mol. The van der Waals surface area contributed by atoms with Gasteiger partial charge in [0.05, 0.1) is 11.1 Å². The van der Waals surface area contributed by atoms with Gasteiger partial charge >= 0.3 is 0 Å². The Hall–Kier alpha value is -1.84. The number of nitrogens with zero attached hydrogens (tertiary/aromatic N) is 2. The van der Waals surface area contributed by atoms with E-state index in [9.17, 15) is 0 Å². The van der Waals surface area contributed by atoms with Gasteiger partial charge in [-0.3, -0.25) is 0 Å². The first-order valence-electron chi connectivity index (χ1n) is 4.28. The predicted molar refractivity (Wildman–Crippen MR) is 61.1 cm³/mol. The second kappa shape index (κ2) is 3.73. The third-order valence-corrected chi connectivity index (χ3v) is 2.90. The summed E-state index contributed by atoms with van der Waals surface area (Å²) in [5.41, 5.74) is 0.833. The van der Waals surface area contributed by atoms with E-state index >= 15 is 0 Å². The smallest absolute Gasteiger partial charge is 0.101 e. The highest BCUT2D eigenvalue weighted by atomic mass is 79.9. The Morgan fingerprint density at radius 1 is 1.00 bits per heavy atom. The Morgan fingerprint density at radius 3 is 2.33 bits per heavy atom. The van der Waals surface area contributed by atoms with Gasteiger partial charge in [0.25, 0.3) is 0 Å². The Labute approximate surface area is 95.5 Å². The molecule has 0 saturated heterocycles. The molecular formula is C12H5BrN2. The highest BCUT2D eigenvalue weighted by Crippen LogP contribution is 2.26. The van der Waals surface area contributed by atoms with Gasteiger partial charge in [0.15, 0.2) is 0 Å². The van der Waals surface area contributed by atoms with Crippen LogP contribution in [-0.4, -0.2) is 0 Å². The summed E-state index contributed by atoms with van der Waals surface area (Å²) in [6.07, 6.45) is 0. The predicted octanol–water partition coefficient (Wildman–Crippen LogP) is 3.35. The molecule has 0 unspecified atom stereocenters. The highest BCUT2D eigenvalue weighted by Gasteiger charge is 2.05. The van der Waals surface area contributed by atoms with Crippen molar-refractivity contribution in [3.8, 4) is 12.1 Å². The van der Waals surface area contributed by atoms with Gasteiger partial charge in [0.2, 0.25) is 0 Å². The van der Waals surface area contributed by atoms with Gasteiger partial charge in [0.1, 0.15) is 12.1 Å². The Morgan fingerprint density at radius 2 is 1.67 bits per heavy atom. The zero-order valence-electron chi connectivity index (χ0n) is 7.66. The molecule has 0 fully saturated rings. The maximum atomic E-state index is 8.88. The van der Waals surface area contributed by atoms with E-state index in [0.717, 1.165) is 15.2 Å². The van der Waals surface area contributed by atoms with Crippen LogP contribution in [0.15, 0.2) is 34.8 Å². The lowest BCUT2D eigenvalue weighted by Crippen LogP contribution is -1.85.